The summed E-state index contributed by atoms with van der Waals surface area (Å²) in [6.07, 6.45) is 4.77. The van der Waals surface area contributed by atoms with Crippen molar-refractivity contribution in [2.45, 2.75) is 31.7 Å². The van der Waals surface area contributed by atoms with Crippen molar-refractivity contribution in [1.29, 1.82) is 0 Å². The van der Waals surface area contributed by atoms with Crippen molar-refractivity contribution >= 4 is 41.5 Å². The predicted octanol–water partition coefficient (Wildman–Crippen LogP) is 3.78. The summed E-state index contributed by atoms with van der Waals surface area (Å²) in [6, 6.07) is 5.51. The number of likely N-dealkylation sites (tertiary alicyclic amines) is 1. The maximum atomic E-state index is 12.2. The van der Waals surface area contributed by atoms with Gasteiger partial charge in [0.25, 0.3) is 5.91 Å². The number of carbonyl (C=O) groups is 1. The van der Waals surface area contributed by atoms with E-state index in [2.05, 4.69) is 5.32 Å². The lowest BCUT2D eigenvalue weighted by atomic mass is 10.0. The highest BCUT2D eigenvalue weighted by molar-refractivity contribution is 6.34. The van der Waals surface area contributed by atoms with Gasteiger partial charge in [0.15, 0.2) is 6.61 Å². The zero-order chi connectivity index (χ0) is 16.2. The van der Waals surface area contributed by atoms with Crippen LogP contribution in [0.2, 0.25) is 10.0 Å². The van der Waals surface area contributed by atoms with Gasteiger partial charge in [0.2, 0.25) is 0 Å². The third-order valence-electron chi connectivity index (χ3n) is 4.44. The van der Waals surface area contributed by atoms with E-state index in [9.17, 15) is 4.79 Å². The first-order chi connectivity index (χ1) is 11.1. The Labute approximate surface area is 159 Å². The number of carbonyl (C=O) groups excluding carboxylic acids is 1. The Morgan fingerprint density at radius 2 is 1.75 bits per heavy atom. The van der Waals surface area contributed by atoms with E-state index in [1.807, 2.05) is 4.90 Å². The Balaban J connectivity index is 0.00000208. The topological polar surface area (TPSA) is 41.6 Å². The Bertz CT molecular complexity index is 539. The minimum absolute atomic E-state index is 0. The highest BCUT2D eigenvalue weighted by Gasteiger charge is 2.26. The van der Waals surface area contributed by atoms with Crippen LogP contribution in [0.3, 0.4) is 0 Å². The molecule has 0 unspecified atom stereocenters. The van der Waals surface area contributed by atoms with Gasteiger partial charge in [-0.2, -0.15) is 0 Å². The van der Waals surface area contributed by atoms with Gasteiger partial charge in [-0.1, -0.05) is 23.2 Å². The van der Waals surface area contributed by atoms with Gasteiger partial charge in [-0.15, -0.1) is 12.4 Å². The lowest BCUT2D eigenvalue weighted by molar-refractivity contribution is -0.134. The summed E-state index contributed by atoms with van der Waals surface area (Å²) in [4.78, 5) is 14.1. The molecule has 1 saturated heterocycles. The maximum Gasteiger partial charge on any atom is 0.260 e. The molecule has 1 aromatic rings. The molecule has 1 N–H and O–H groups in total. The van der Waals surface area contributed by atoms with Crippen LogP contribution in [0.4, 0.5) is 0 Å². The molecule has 3 rings (SSSR count). The molecule has 4 nitrogen and oxygen atoms in total. The van der Waals surface area contributed by atoms with Crippen LogP contribution in [0.25, 0.3) is 0 Å². The van der Waals surface area contributed by atoms with Gasteiger partial charge >= 0.3 is 0 Å². The van der Waals surface area contributed by atoms with E-state index in [1.54, 1.807) is 18.2 Å². The van der Waals surface area contributed by atoms with Crippen molar-refractivity contribution < 1.29 is 9.53 Å². The maximum absolute atomic E-state index is 12.2. The Hall–Kier alpha value is -0.680. The number of rotatable bonds is 6. The van der Waals surface area contributed by atoms with E-state index in [1.165, 1.54) is 12.8 Å². The van der Waals surface area contributed by atoms with Crippen LogP contribution in [-0.4, -0.2) is 43.1 Å². The molecule has 24 heavy (non-hydrogen) atoms. The Kier molecular flexibility index (Phi) is 7.48. The van der Waals surface area contributed by atoms with Gasteiger partial charge in [0.05, 0.1) is 0 Å². The third kappa shape index (κ3) is 5.99. The van der Waals surface area contributed by atoms with Gasteiger partial charge in [0, 0.05) is 29.2 Å². The van der Waals surface area contributed by atoms with E-state index in [-0.39, 0.29) is 24.9 Å². The molecule has 1 aliphatic heterocycles. The van der Waals surface area contributed by atoms with Crippen molar-refractivity contribution in [2.75, 3.05) is 26.2 Å². The summed E-state index contributed by atoms with van der Waals surface area (Å²) < 4.78 is 5.52. The fourth-order valence-corrected chi connectivity index (χ4v) is 3.34. The van der Waals surface area contributed by atoms with Gasteiger partial charge in [-0.05, 0) is 56.3 Å². The van der Waals surface area contributed by atoms with Crippen LogP contribution < -0.4 is 10.1 Å². The average molecular weight is 394 g/mol. The minimum Gasteiger partial charge on any atom is -0.484 e. The second-order valence-corrected chi connectivity index (χ2v) is 7.27. The lowest BCUT2D eigenvalue weighted by Gasteiger charge is -2.32. The summed E-state index contributed by atoms with van der Waals surface area (Å²) in [5, 5.41) is 4.62. The number of amides is 1. The van der Waals surface area contributed by atoms with Gasteiger partial charge in [0.1, 0.15) is 5.75 Å². The SMILES string of the molecule is Cl.O=C(COc1cc(Cl)cc(Cl)c1)N1CCC(NCC2CC2)CC1. The highest BCUT2D eigenvalue weighted by atomic mass is 35.5. The van der Waals surface area contributed by atoms with Gasteiger partial charge < -0.3 is 15.0 Å². The number of piperidine rings is 1. The zero-order valence-electron chi connectivity index (χ0n) is 13.5. The molecular weight excluding hydrogens is 371 g/mol. The molecule has 0 atom stereocenters. The number of nitrogens with zero attached hydrogens (tertiary/aromatic N) is 1. The van der Waals surface area contributed by atoms with E-state index in [0.717, 1.165) is 38.4 Å². The molecule has 0 radical (unpaired) electrons. The van der Waals surface area contributed by atoms with Crippen LogP contribution in [0.15, 0.2) is 18.2 Å². The second kappa shape index (κ2) is 9.14. The molecule has 1 heterocycles. The largest absolute Gasteiger partial charge is 0.484 e. The molecule has 0 spiro atoms. The molecule has 1 aromatic carbocycles. The molecular formula is C17H23Cl3N2O2. The number of halogens is 3. The molecule has 1 aliphatic carbocycles. The zero-order valence-corrected chi connectivity index (χ0v) is 15.8. The van der Waals surface area contributed by atoms with Gasteiger partial charge in [-0.25, -0.2) is 0 Å². The Morgan fingerprint density at radius 1 is 1.12 bits per heavy atom. The summed E-state index contributed by atoms with van der Waals surface area (Å²) in [6.45, 7) is 2.75. The quantitative estimate of drug-likeness (QED) is 0.799. The van der Waals surface area contributed by atoms with Crippen molar-refractivity contribution in [3.05, 3.63) is 28.2 Å². The molecule has 134 valence electrons. The highest BCUT2D eigenvalue weighted by Crippen LogP contribution is 2.28. The summed E-state index contributed by atoms with van der Waals surface area (Å²) >= 11 is 11.8. The third-order valence-corrected chi connectivity index (χ3v) is 4.87. The first-order valence-electron chi connectivity index (χ1n) is 8.20. The fraction of sp³-hybridized carbons (Fsp3) is 0.588. The smallest absolute Gasteiger partial charge is 0.260 e. The monoisotopic (exact) mass is 392 g/mol. The summed E-state index contributed by atoms with van der Waals surface area (Å²) in [7, 11) is 0. The van der Waals surface area contributed by atoms with Crippen molar-refractivity contribution in [3.8, 4) is 5.75 Å². The van der Waals surface area contributed by atoms with Crippen LogP contribution in [0.5, 0.6) is 5.75 Å². The first-order valence-corrected chi connectivity index (χ1v) is 8.96. The summed E-state index contributed by atoms with van der Waals surface area (Å²) in [5.74, 6) is 1.44. The van der Waals surface area contributed by atoms with Crippen LogP contribution in [0, 0.1) is 5.92 Å². The standard InChI is InChI=1S/C17H22Cl2N2O2.ClH/c18-13-7-14(19)9-16(8-13)23-11-17(22)21-5-3-15(4-6-21)20-10-12-1-2-12;/h7-9,12,15,20H,1-6,10-11H2;1H. The van der Waals surface area contributed by atoms with E-state index < -0.39 is 0 Å². The lowest BCUT2D eigenvalue weighted by Crippen LogP contribution is -2.46. The van der Waals surface area contributed by atoms with Crippen LogP contribution >= 0.6 is 35.6 Å². The van der Waals surface area contributed by atoms with Crippen molar-refractivity contribution in [1.82, 2.24) is 10.2 Å². The van der Waals surface area contributed by atoms with E-state index in [0.29, 0.717) is 21.8 Å². The number of nitrogens with one attached hydrogen (secondary N) is 1. The average Bonchev–Trinajstić information content (AvgIpc) is 3.34. The number of hydrogen-bond donors (Lipinski definition) is 1. The minimum atomic E-state index is 0. The van der Waals surface area contributed by atoms with E-state index in [4.69, 9.17) is 27.9 Å². The first kappa shape index (κ1) is 19.6. The predicted molar refractivity (Wildman–Crippen MR) is 99.5 cm³/mol. The van der Waals surface area contributed by atoms with Crippen molar-refractivity contribution in [2.24, 2.45) is 5.92 Å². The molecule has 7 heteroatoms. The van der Waals surface area contributed by atoms with Crippen LogP contribution in [0.1, 0.15) is 25.7 Å². The summed E-state index contributed by atoms with van der Waals surface area (Å²) in [5.41, 5.74) is 0. The molecule has 1 amide bonds. The van der Waals surface area contributed by atoms with Gasteiger partial charge in [-0.3, -0.25) is 4.79 Å². The Morgan fingerprint density at radius 3 is 2.33 bits per heavy atom. The van der Waals surface area contributed by atoms with Crippen LogP contribution in [-0.2, 0) is 4.79 Å². The number of benzene rings is 1. The number of hydrogen-bond acceptors (Lipinski definition) is 3. The second-order valence-electron chi connectivity index (χ2n) is 6.40. The van der Waals surface area contributed by atoms with Crippen molar-refractivity contribution in [3.63, 3.8) is 0 Å². The molecule has 2 aliphatic rings. The normalized spacial score (nSPS) is 18.2. The fourth-order valence-electron chi connectivity index (χ4n) is 2.84. The molecule has 1 saturated carbocycles. The van der Waals surface area contributed by atoms with E-state index >= 15 is 0 Å². The number of ether oxygens (including phenoxy) is 1. The molecule has 2 fully saturated rings. The molecule has 0 bridgehead atoms. The molecule has 0 aromatic heterocycles.